The Labute approximate surface area is 153 Å². The molecule has 138 valence electrons. The van der Waals surface area contributed by atoms with E-state index in [2.05, 4.69) is 25.5 Å². The maximum Gasteiger partial charge on any atom is 0.260 e. The molecule has 1 saturated heterocycles. The topological polar surface area (TPSA) is 79.4 Å². The minimum absolute atomic E-state index is 0.143. The van der Waals surface area contributed by atoms with Crippen LogP contribution in [-0.4, -0.2) is 48.2 Å². The average molecular weight is 355 g/mol. The lowest BCUT2D eigenvalue weighted by Gasteiger charge is -2.17. The summed E-state index contributed by atoms with van der Waals surface area (Å²) in [6.45, 7) is 4.91. The number of nitrogens with one attached hydrogen (secondary N) is 2. The predicted molar refractivity (Wildman–Crippen MR) is 102 cm³/mol. The zero-order valence-corrected chi connectivity index (χ0v) is 15.0. The second-order valence-electron chi connectivity index (χ2n) is 6.25. The van der Waals surface area contributed by atoms with Gasteiger partial charge in [0.1, 0.15) is 23.7 Å². The first kappa shape index (κ1) is 18.0. The van der Waals surface area contributed by atoms with Crippen molar-refractivity contribution in [1.82, 2.24) is 15.3 Å². The van der Waals surface area contributed by atoms with Crippen molar-refractivity contribution >= 4 is 17.5 Å². The molecular formula is C19H25N5O2. The van der Waals surface area contributed by atoms with E-state index in [0.717, 1.165) is 24.7 Å². The maximum absolute atomic E-state index is 12.1. The van der Waals surface area contributed by atoms with E-state index in [4.69, 9.17) is 4.74 Å². The van der Waals surface area contributed by atoms with Crippen molar-refractivity contribution in [2.45, 2.75) is 25.9 Å². The number of para-hydroxylation sites is 1. The lowest BCUT2D eigenvalue weighted by Crippen LogP contribution is -2.38. The van der Waals surface area contributed by atoms with Crippen LogP contribution in [0, 0.1) is 0 Å². The van der Waals surface area contributed by atoms with Crippen LogP contribution in [0.25, 0.3) is 0 Å². The van der Waals surface area contributed by atoms with Gasteiger partial charge in [0.2, 0.25) is 0 Å². The third-order valence-corrected chi connectivity index (χ3v) is 4.24. The van der Waals surface area contributed by atoms with E-state index >= 15 is 0 Å². The number of aromatic nitrogens is 2. The molecule has 2 heterocycles. The largest absolute Gasteiger partial charge is 0.481 e. The molecule has 1 amide bonds. The van der Waals surface area contributed by atoms with Gasteiger partial charge in [-0.25, -0.2) is 9.97 Å². The van der Waals surface area contributed by atoms with E-state index in [-0.39, 0.29) is 5.91 Å². The summed E-state index contributed by atoms with van der Waals surface area (Å²) < 4.78 is 5.61. The van der Waals surface area contributed by atoms with E-state index in [1.807, 2.05) is 36.4 Å². The number of hydrogen-bond acceptors (Lipinski definition) is 6. The molecule has 0 radical (unpaired) electrons. The van der Waals surface area contributed by atoms with Crippen LogP contribution < -0.4 is 20.3 Å². The van der Waals surface area contributed by atoms with Crippen molar-refractivity contribution in [3.8, 4) is 5.75 Å². The fraction of sp³-hybridized carbons (Fsp3) is 0.421. The van der Waals surface area contributed by atoms with Crippen molar-refractivity contribution in [3.05, 3.63) is 42.7 Å². The molecule has 0 saturated carbocycles. The zero-order chi connectivity index (χ0) is 18.2. The third kappa shape index (κ3) is 5.08. The van der Waals surface area contributed by atoms with Gasteiger partial charge in [-0.1, -0.05) is 18.2 Å². The summed E-state index contributed by atoms with van der Waals surface area (Å²) >= 11 is 0. The van der Waals surface area contributed by atoms with Crippen molar-refractivity contribution in [1.29, 1.82) is 0 Å². The fourth-order valence-corrected chi connectivity index (χ4v) is 2.84. The number of benzene rings is 1. The van der Waals surface area contributed by atoms with Crippen molar-refractivity contribution in [2.24, 2.45) is 0 Å². The highest BCUT2D eigenvalue weighted by Crippen LogP contribution is 2.19. The molecule has 0 aliphatic carbocycles. The van der Waals surface area contributed by atoms with E-state index in [9.17, 15) is 4.79 Å². The van der Waals surface area contributed by atoms with Crippen molar-refractivity contribution < 1.29 is 9.53 Å². The number of amides is 1. The second-order valence-corrected chi connectivity index (χ2v) is 6.25. The highest BCUT2D eigenvalue weighted by Gasteiger charge is 2.15. The van der Waals surface area contributed by atoms with Crippen LogP contribution in [0.1, 0.15) is 19.8 Å². The minimum Gasteiger partial charge on any atom is -0.481 e. The Balaban J connectivity index is 1.39. The standard InChI is InChI=1S/C19H25N5O2/c1-15(26-16-7-3-2-4-8-16)19(25)21-10-9-20-17-13-18(23-14-22-17)24-11-5-6-12-24/h2-4,7-8,13-15H,5-6,9-12H2,1H3,(H,21,25)(H,20,22,23). The van der Waals surface area contributed by atoms with Gasteiger partial charge in [-0.2, -0.15) is 0 Å². The number of rotatable bonds is 8. The Bertz CT molecular complexity index is 704. The summed E-state index contributed by atoms with van der Waals surface area (Å²) in [5, 5.41) is 6.08. The van der Waals surface area contributed by atoms with Crippen LogP contribution in [0.4, 0.5) is 11.6 Å². The van der Waals surface area contributed by atoms with E-state index in [1.165, 1.54) is 12.8 Å². The molecule has 1 unspecified atom stereocenters. The molecule has 7 nitrogen and oxygen atoms in total. The van der Waals surface area contributed by atoms with E-state index in [1.54, 1.807) is 13.3 Å². The van der Waals surface area contributed by atoms with Gasteiger partial charge < -0.3 is 20.3 Å². The Hall–Kier alpha value is -2.83. The summed E-state index contributed by atoms with van der Waals surface area (Å²) in [6.07, 6.45) is 3.45. The highest BCUT2D eigenvalue weighted by atomic mass is 16.5. The number of ether oxygens (including phenoxy) is 1. The molecule has 0 bridgehead atoms. The quantitative estimate of drug-likeness (QED) is 0.706. The molecule has 7 heteroatoms. The van der Waals surface area contributed by atoms with Crippen molar-refractivity contribution in [3.63, 3.8) is 0 Å². The summed E-state index contributed by atoms with van der Waals surface area (Å²) in [4.78, 5) is 22.9. The average Bonchev–Trinajstić information content (AvgIpc) is 3.21. The van der Waals surface area contributed by atoms with Gasteiger partial charge in [-0.3, -0.25) is 4.79 Å². The maximum atomic E-state index is 12.1. The minimum atomic E-state index is -0.543. The Morgan fingerprint density at radius 3 is 2.73 bits per heavy atom. The summed E-state index contributed by atoms with van der Waals surface area (Å²) in [5.41, 5.74) is 0. The number of hydrogen-bond donors (Lipinski definition) is 2. The molecule has 3 rings (SSSR count). The van der Waals surface area contributed by atoms with Gasteiger partial charge >= 0.3 is 0 Å². The van der Waals surface area contributed by atoms with Gasteiger partial charge in [0.25, 0.3) is 5.91 Å². The number of nitrogens with zero attached hydrogens (tertiary/aromatic N) is 3. The molecule has 0 spiro atoms. The first-order valence-corrected chi connectivity index (χ1v) is 9.02. The number of anilines is 2. The normalized spacial score (nSPS) is 14.7. The highest BCUT2D eigenvalue weighted by molar-refractivity contribution is 5.80. The Morgan fingerprint density at radius 1 is 1.19 bits per heavy atom. The number of carbonyl (C=O) groups is 1. The summed E-state index contributed by atoms with van der Waals surface area (Å²) in [5.74, 6) is 2.26. The van der Waals surface area contributed by atoms with Gasteiger partial charge in [0.15, 0.2) is 6.10 Å². The van der Waals surface area contributed by atoms with Gasteiger partial charge in [-0.05, 0) is 31.9 Å². The van der Waals surface area contributed by atoms with Crippen LogP contribution in [-0.2, 0) is 4.79 Å². The van der Waals surface area contributed by atoms with E-state index < -0.39 is 6.10 Å². The molecular weight excluding hydrogens is 330 g/mol. The second kappa shape index (κ2) is 9.03. The van der Waals surface area contributed by atoms with Crippen LogP contribution in [0.3, 0.4) is 0 Å². The molecule has 1 aliphatic rings. The van der Waals surface area contributed by atoms with Crippen LogP contribution in [0.15, 0.2) is 42.7 Å². The molecule has 1 fully saturated rings. The third-order valence-electron chi connectivity index (χ3n) is 4.24. The van der Waals surface area contributed by atoms with Crippen LogP contribution >= 0.6 is 0 Å². The molecule has 1 aromatic carbocycles. The van der Waals surface area contributed by atoms with Gasteiger partial charge in [0, 0.05) is 32.2 Å². The molecule has 1 atom stereocenters. The Morgan fingerprint density at radius 2 is 1.96 bits per heavy atom. The zero-order valence-electron chi connectivity index (χ0n) is 15.0. The molecule has 26 heavy (non-hydrogen) atoms. The van der Waals surface area contributed by atoms with E-state index in [0.29, 0.717) is 18.8 Å². The molecule has 2 N–H and O–H groups in total. The smallest absolute Gasteiger partial charge is 0.260 e. The van der Waals surface area contributed by atoms with Gasteiger partial charge in [0.05, 0.1) is 0 Å². The van der Waals surface area contributed by atoms with Crippen LogP contribution in [0.2, 0.25) is 0 Å². The monoisotopic (exact) mass is 355 g/mol. The number of carbonyl (C=O) groups excluding carboxylic acids is 1. The lowest BCUT2D eigenvalue weighted by molar-refractivity contribution is -0.127. The summed E-state index contributed by atoms with van der Waals surface area (Å²) in [6, 6.07) is 11.3. The first-order valence-electron chi connectivity index (χ1n) is 9.02. The molecule has 2 aromatic rings. The van der Waals surface area contributed by atoms with Crippen LogP contribution in [0.5, 0.6) is 5.75 Å². The fourth-order valence-electron chi connectivity index (χ4n) is 2.84. The lowest BCUT2D eigenvalue weighted by atomic mass is 10.3. The SMILES string of the molecule is CC(Oc1ccccc1)C(=O)NCCNc1cc(N2CCCC2)ncn1. The van der Waals surface area contributed by atoms with Gasteiger partial charge in [-0.15, -0.1) is 0 Å². The first-order chi connectivity index (χ1) is 12.7. The predicted octanol–water partition coefficient (Wildman–Crippen LogP) is 2.07. The summed E-state index contributed by atoms with van der Waals surface area (Å²) in [7, 11) is 0. The molecule has 1 aromatic heterocycles. The Kier molecular flexibility index (Phi) is 6.24. The van der Waals surface area contributed by atoms with Crippen molar-refractivity contribution in [2.75, 3.05) is 36.4 Å². The molecule has 1 aliphatic heterocycles.